The van der Waals surface area contributed by atoms with E-state index in [1.807, 2.05) is 24.3 Å². The minimum atomic E-state index is -0.442. The van der Waals surface area contributed by atoms with E-state index in [0.717, 1.165) is 5.56 Å². The highest BCUT2D eigenvalue weighted by Gasteiger charge is 2.21. The van der Waals surface area contributed by atoms with Crippen LogP contribution in [-0.2, 0) is 13.5 Å². The zero-order valence-corrected chi connectivity index (χ0v) is 18.4. The van der Waals surface area contributed by atoms with Gasteiger partial charge in [0, 0.05) is 36.6 Å². The second kappa shape index (κ2) is 8.39. The largest absolute Gasteiger partial charge is 0.497 e. The van der Waals surface area contributed by atoms with Crippen molar-refractivity contribution in [3.05, 3.63) is 88.6 Å². The molecule has 0 aliphatic rings. The molecule has 0 unspecified atom stereocenters. The summed E-state index contributed by atoms with van der Waals surface area (Å²) in [5.74, 6) is 0.654. The molecular formula is C24H20FN7O2. The standard InChI is InChI=1S/C24H20FN7O2/c1-31-13-15(8-9-20(31)33)21-22(14-5-3-6-16(11-14)34-2)29-24(26)32-23(21)28-19(30-32)12-18-17(25)7-4-10-27-18/h3-11,13H,12H2,1-2H3,(H2,26,29). The summed E-state index contributed by atoms with van der Waals surface area (Å²) >= 11 is 0. The van der Waals surface area contributed by atoms with Crippen molar-refractivity contribution < 1.29 is 9.13 Å². The smallest absolute Gasteiger partial charge is 0.250 e. The van der Waals surface area contributed by atoms with Crippen LogP contribution in [0.4, 0.5) is 10.3 Å². The number of methoxy groups -OCH3 is 1. The number of halogens is 1. The van der Waals surface area contributed by atoms with Crippen molar-refractivity contribution in [2.75, 3.05) is 12.8 Å². The van der Waals surface area contributed by atoms with Crippen LogP contribution in [0.1, 0.15) is 11.5 Å². The molecule has 9 nitrogen and oxygen atoms in total. The molecular weight excluding hydrogens is 437 g/mol. The summed E-state index contributed by atoms with van der Waals surface area (Å²) in [5, 5.41) is 4.46. The number of aryl methyl sites for hydroxylation is 1. The van der Waals surface area contributed by atoms with E-state index < -0.39 is 5.82 Å². The second-order valence-corrected chi connectivity index (χ2v) is 7.66. The van der Waals surface area contributed by atoms with Crippen LogP contribution in [0.15, 0.2) is 65.7 Å². The Hall–Kier alpha value is -4.60. The third-order valence-electron chi connectivity index (χ3n) is 5.43. The molecule has 34 heavy (non-hydrogen) atoms. The monoisotopic (exact) mass is 457 g/mol. The van der Waals surface area contributed by atoms with Crippen LogP contribution in [0.25, 0.3) is 28.0 Å². The number of benzene rings is 1. The van der Waals surface area contributed by atoms with E-state index in [2.05, 4.69) is 20.1 Å². The molecule has 2 N–H and O–H groups in total. The molecule has 5 aromatic rings. The number of ether oxygens (including phenoxy) is 1. The molecule has 0 amide bonds. The first-order chi connectivity index (χ1) is 16.4. The fourth-order valence-electron chi connectivity index (χ4n) is 3.76. The summed E-state index contributed by atoms with van der Waals surface area (Å²) in [4.78, 5) is 25.4. The third kappa shape index (κ3) is 3.75. The predicted molar refractivity (Wildman–Crippen MR) is 125 cm³/mol. The summed E-state index contributed by atoms with van der Waals surface area (Å²) in [5.41, 5.74) is 9.38. The van der Waals surface area contributed by atoms with Crippen LogP contribution in [0.2, 0.25) is 0 Å². The summed E-state index contributed by atoms with van der Waals surface area (Å²) in [6, 6.07) is 13.4. The highest BCUT2D eigenvalue weighted by molar-refractivity contribution is 5.90. The molecule has 0 radical (unpaired) electrons. The Balaban J connectivity index is 1.78. The lowest BCUT2D eigenvalue weighted by Gasteiger charge is -2.13. The molecule has 0 aliphatic carbocycles. The fraction of sp³-hybridized carbons (Fsp3) is 0.125. The molecule has 4 heterocycles. The molecule has 1 aromatic carbocycles. The van der Waals surface area contributed by atoms with Gasteiger partial charge in [0.25, 0.3) is 0 Å². The number of fused-ring (bicyclic) bond motifs is 1. The Morgan fingerprint density at radius 2 is 1.94 bits per heavy atom. The zero-order valence-electron chi connectivity index (χ0n) is 18.4. The fourth-order valence-corrected chi connectivity index (χ4v) is 3.76. The number of aromatic nitrogens is 6. The van der Waals surface area contributed by atoms with Gasteiger partial charge in [-0.1, -0.05) is 12.1 Å². The minimum absolute atomic E-state index is 0.0784. The van der Waals surface area contributed by atoms with Gasteiger partial charge >= 0.3 is 0 Å². The first-order valence-electron chi connectivity index (χ1n) is 10.4. The number of hydrogen-bond acceptors (Lipinski definition) is 7. The lowest BCUT2D eigenvalue weighted by molar-refractivity contribution is 0.415. The van der Waals surface area contributed by atoms with Crippen LogP contribution < -0.4 is 16.0 Å². The van der Waals surface area contributed by atoms with E-state index in [1.54, 1.807) is 26.4 Å². The molecule has 0 atom stereocenters. The molecule has 0 spiro atoms. The molecule has 0 aliphatic heterocycles. The maximum atomic E-state index is 14.2. The Kier molecular flexibility index (Phi) is 5.25. The summed E-state index contributed by atoms with van der Waals surface area (Å²) < 4.78 is 22.5. The SMILES string of the molecule is COc1cccc(-c2nc(N)n3nc(Cc4ncccc4F)nc3c2-c2ccc(=O)n(C)c2)c1. The minimum Gasteiger partial charge on any atom is -0.497 e. The zero-order chi connectivity index (χ0) is 23.8. The van der Waals surface area contributed by atoms with E-state index in [-0.39, 0.29) is 23.6 Å². The van der Waals surface area contributed by atoms with Crippen molar-refractivity contribution in [1.82, 2.24) is 29.1 Å². The highest BCUT2D eigenvalue weighted by Crippen LogP contribution is 2.35. The maximum Gasteiger partial charge on any atom is 0.250 e. The highest BCUT2D eigenvalue weighted by atomic mass is 19.1. The van der Waals surface area contributed by atoms with Crippen LogP contribution in [0.3, 0.4) is 0 Å². The van der Waals surface area contributed by atoms with Gasteiger partial charge in [-0.05, 0) is 30.3 Å². The molecule has 170 valence electrons. The molecule has 0 fully saturated rings. The van der Waals surface area contributed by atoms with Gasteiger partial charge in [0.15, 0.2) is 11.5 Å². The second-order valence-electron chi connectivity index (χ2n) is 7.66. The number of anilines is 1. The van der Waals surface area contributed by atoms with Crippen LogP contribution >= 0.6 is 0 Å². The van der Waals surface area contributed by atoms with Crippen LogP contribution in [0, 0.1) is 5.82 Å². The maximum absolute atomic E-state index is 14.2. The van der Waals surface area contributed by atoms with E-state index in [1.165, 1.54) is 33.5 Å². The van der Waals surface area contributed by atoms with Crippen molar-refractivity contribution in [2.45, 2.75) is 6.42 Å². The van der Waals surface area contributed by atoms with E-state index in [0.29, 0.717) is 34.0 Å². The number of pyridine rings is 2. The van der Waals surface area contributed by atoms with Gasteiger partial charge in [-0.2, -0.15) is 4.52 Å². The molecule has 5 rings (SSSR count). The van der Waals surface area contributed by atoms with Gasteiger partial charge in [0.1, 0.15) is 11.6 Å². The van der Waals surface area contributed by atoms with E-state index >= 15 is 0 Å². The number of nitrogens with two attached hydrogens (primary N) is 1. The summed E-state index contributed by atoms with van der Waals surface area (Å²) in [7, 11) is 3.25. The van der Waals surface area contributed by atoms with Gasteiger partial charge < -0.3 is 15.0 Å². The van der Waals surface area contributed by atoms with Crippen LogP contribution in [-0.4, -0.2) is 36.2 Å². The average molecular weight is 457 g/mol. The van der Waals surface area contributed by atoms with Crippen LogP contribution in [0.5, 0.6) is 5.75 Å². The number of hydrogen-bond donors (Lipinski definition) is 1. The Morgan fingerprint density at radius 3 is 2.71 bits per heavy atom. The number of nitrogen functional groups attached to an aromatic ring is 1. The molecule has 10 heteroatoms. The summed E-state index contributed by atoms with van der Waals surface area (Å²) in [6.07, 6.45) is 3.29. The lowest BCUT2D eigenvalue weighted by Crippen LogP contribution is -2.14. The Bertz CT molecular complexity index is 1590. The van der Waals surface area contributed by atoms with Gasteiger partial charge in [-0.15, -0.1) is 5.10 Å². The van der Waals surface area contributed by atoms with Crippen molar-refractivity contribution >= 4 is 11.6 Å². The Morgan fingerprint density at radius 1 is 1.09 bits per heavy atom. The Labute approximate surface area is 193 Å². The van der Waals surface area contributed by atoms with Crippen molar-refractivity contribution in [2.24, 2.45) is 7.05 Å². The summed E-state index contributed by atoms with van der Waals surface area (Å²) in [6.45, 7) is 0. The van der Waals surface area contributed by atoms with Gasteiger partial charge in [-0.25, -0.2) is 14.4 Å². The molecule has 4 aromatic heterocycles. The van der Waals surface area contributed by atoms with E-state index in [4.69, 9.17) is 10.5 Å². The molecule has 0 saturated heterocycles. The normalized spacial score (nSPS) is 11.1. The third-order valence-corrected chi connectivity index (χ3v) is 5.43. The molecule has 0 bridgehead atoms. The van der Waals surface area contributed by atoms with Crippen molar-refractivity contribution in [3.63, 3.8) is 0 Å². The average Bonchev–Trinajstić information content (AvgIpc) is 3.26. The van der Waals surface area contributed by atoms with Gasteiger partial charge in [0.2, 0.25) is 11.5 Å². The first kappa shape index (κ1) is 21.3. The quantitative estimate of drug-likeness (QED) is 0.432. The predicted octanol–water partition coefficient (Wildman–Crippen LogP) is 2.87. The first-order valence-corrected chi connectivity index (χ1v) is 10.4. The topological polar surface area (TPSA) is 113 Å². The number of rotatable bonds is 5. The number of nitrogens with zero attached hydrogens (tertiary/aromatic N) is 6. The molecule has 0 saturated carbocycles. The van der Waals surface area contributed by atoms with Gasteiger partial charge in [0.05, 0.1) is 30.5 Å². The lowest BCUT2D eigenvalue weighted by atomic mass is 10.0. The van der Waals surface area contributed by atoms with Gasteiger partial charge in [-0.3, -0.25) is 9.78 Å². The van der Waals surface area contributed by atoms with Crippen molar-refractivity contribution in [3.8, 4) is 28.1 Å². The van der Waals surface area contributed by atoms with E-state index in [9.17, 15) is 9.18 Å². The van der Waals surface area contributed by atoms with Crippen molar-refractivity contribution in [1.29, 1.82) is 0 Å².